The molecule has 0 aliphatic carbocycles. The molecule has 124 valence electrons. The second kappa shape index (κ2) is 9.46. The quantitative estimate of drug-likeness (QED) is 0.839. The van der Waals surface area contributed by atoms with E-state index in [2.05, 4.69) is 5.32 Å². The summed E-state index contributed by atoms with van der Waals surface area (Å²) in [6.07, 6.45) is 1.43. The number of nitrogens with zero attached hydrogens (tertiary/aromatic N) is 1. The monoisotopic (exact) mass is 366 g/mol. The molecule has 1 fully saturated rings. The summed E-state index contributed by atoms with van der Waals surface area (Å²) < 4.78 is 5.55. The van der Waals surface area contributed by atoms with E-state index < -0.39 is 0 Å². The van der Waals surface area contributed by atoms with Gasteiger partial charge in [-0.25, -0.2) is 0 Å². The van der Waals surface area contributed by atoms with Gasteiger partial charge in [0.2, 0.25) is 5.91 Å². The minimum absolute atomic E-state index is 0. The first-order valence-corrected chi connectivity index (χ1v) is 7.86. The van der Waals surface area contributed by atoms with E-state index >= 15 is 0 Å². The maximum Gasteiger partial charge on any atom is 0.226 e. The highest BCUT2D eigenvalue weighted by Crippen LogP contribution is 2.27. The topological polar surface area (TPSA) is 41.6 Å². The largest absolute Gasteiger partial charge is 0.491 e. The van der Waals surface area contributed by atoms with Crippen molar-refractivity contribution in [3.8, 4) is 5.75 Å². The first kappa shape index (κ1) is 19.4. The predicted molar refractivity (Wildman–Crippen MR) is 92.4 cm³/mol. The Balaban J connectivity index is 0.00000242. The van der Waals surface area contributed by atoms with E-state index in [0.29, 0.717) is 34.7 Å². The maximum absolute atomic E-state index is 12.1. The van der Waals surface area contributed by atoms with E-state index in [9.17, 15) is 4.79 Å². The number of nitrogens with one attached hydrogen (secondary N) is 1. The Labute approximate surface area is 147 Å². The third-order valence-electron chi connectivity index (χ3n) is 3.60. The molecular weight excluding hydrogens is 347 g/mol. The zero-order chi connectivity index (χ0) is 15.2. The fourth-order valence-electron chi connectivity index (χ4n) is 2.51. The third-order valence-corrected chi connectivity index (χ3v) is 4.13. The van der Waals surface area contributed by atoms with Crippen molar-refractivity contribution in [3.63, 3.8) is 0 Å². The minimum Gasteiger partial charge on any atom is -0.491 e. The lowest BCUT2D eigenvalue weighted by Crippen LogP contribution is -2.31. The van der Waals surface area contributed by atoms with Crippen LogP contribution in [0.25, 0.3) is 0 Å². The van der Waals surface area contributed by atoms with Gasteiger partial charge in [-0.1, -0.05) is 23.2 Å². The van der Waals surface area contributed by atoms with Crippen molar-refractivity contribution in [2.75, 3.05) is 33.3 Å². The Morgan fingerprint density at radius 3 is 2.91 bits per heavy atom. The van der Waals surface area contributed by atoms with Crippen LogP contribution in [0.3, 0.4) is 0 Å². The standard InChI is InChI=1S/C15H20Cl2N2O2.ClH/c1-18-9-11-4-6-19(10-11)15(20)5-7-21-14-3-2-12(16)8-13(14)17;/h2-3,8,11,18H,4-7,9-10H2,1H3;1H. The van der Waals surface area contributed by atoms with Crippen molar-refractivity contribution < 1.29 is 9.53 Å². The molecule has 1 heterocycles. The highest BCUT2D eigenvalue weighted by atomic mass is 35.5. The van der Waals surface area contributed by atoms with E-state index in [4.69, 9.17) is 27.9 Å². The molecule has 7 heteroatoms. The van der Waals surface area contributed by atoms with Gasteiger partial charge in [-0.05, 0) is 44.1 Å². The van der Waals surface area contributed by atoms with E-state index in [1.54, 1.807) is 18.2 Å². The van der Waals surface area contributed by atoms with Crippen LogP contribution in [-0.4, -0.2) is 44.1 Å². The number of carbonyl (C=O) groups excluding carboxylic acids is 1. The average Bonchev–Trinajstić information content (AvgIpc) is 2.90. The van der Waals surface area contributed by atoms with Crippen LogP contribution in [0.2, 0.25) is 10.0 Å². The highest BCUT2D eigenvalue weighted by Gasteiger charge is 2.25. The van der Waals surface area contributed by atoms with Crippen LogP contribution in [0.1, 0.15) is 12.8 Å². The summed E-state index contributed by atoms with van der Waals surface area (Å²) in [4.78, 5) is 14.0. The Morgan fingerprint density at radius 2 is 2.23 bits per heavy atom. The Bertz CT molecular complexity index is 500. The number of amides is 1. The van der Waals surface area contributed by atoms with Crippen LogP contribution < -0.4 is 10.1 Å². The van der Waals surface area contributed by atoms with Gasteiger partial charge in [-0.2, -0.15) is 0 Å². The average molecular weight is 368 g/mol. The summed E-state index contributed by atoms with van der Waals surface area (Å²) in [7, 11) is 1.94. The molecule has 0 aromatic heterocycles. The second-order valence-corrected chi connectivity index (χ2v) is 6.07. The summed E-state index contributed by atoms with van der Waals surface area (Å²) in [6.45, 7) is 2.96. The van der Waals surface area contributed by atoms with Crippen LogP contribution >= 0.6 is 35.6 Å². The summed E-state index contributed by atoms with van der Waals surface area (Å²) in [5, 5.41) is 4.19. The van der Waals surface area contributed by atoms with Gasteiger partial charge >= 0.3 is 0 Å². The molecule has 1 saturated heterocycles. The Kier molecular flexibility index (Phi) is 8.33. The lowest BCUT2D eigenvalue weighted by atomic mass is 10.1. The van der Waals surface area contributed by atoms with Crippen molar-refractivity contribution in [1.82, 2.24) is 10.2 Å². The van der Waals surface area contributed by atoms with Crippen LogP contribution in [-0.2, 0) is 4.79 Å². The SMILES string of the molecule is CNCC1CCN(C(=O)CCOc2ccc(Cl)cc2Cl)C1.Cl. The van der Waals surface area contributed by atoms with Gasteiger partial charge in [-0.15, -0.1) is 12.4 Å². The lowest BCUT2D eigenvalue weighted by Gasteiger charge is -2.17. The van der Waals surface area contributed by atoms with Gasteiger partial charge in [-0.3, -0.25) is 4.79 Å². The molecule has 1 aliphatic rings. The molecule has 22 heavy (non-hydrogen) atoms. The van der Waals surface area contributed by atoms with Gasteiger partial charge in [0, 0.05) is 18.1 Å². The lowest BCUT2D eigenvalue weighted by molar-refractivity contribution is -0.130. The number of hydrogen-bond donors (Lipinski definition) is 1. The molecule has 0 radical (unpaired) electrons. The van der Waals surface area contributed by atoms with E-state index in [1.165, 1.54) is 0 Å². The first-order chi connectivity index (χ1) is 10.1. The van der Waals surface area contributed by atoms with E-state index in [-0.39, 0.29) is 18.3 Å². The molecule has 1 aromatic carbocycles. The summed E-state index contributed by atoms with van der Waals surface area (Å²) in [5.41, 5.74) is 0. The smallest absolute Gasteiger partial charge is 0.226 e. The molecule has 1 amide bonds. The number of ether oxygens (including phenoxy) is 1. The van der Waals surface area contributed by atoms with Crippen LogP contribution in [0, 0.1) is 5.92 Å². The van der Waals surface area contributed by atoms with Crippen molar-refractivity contribution >= 4 is 41.5 Å². The molecule has 1 N–H and O–H groups in total. The van der Waals surface area contributed by atoms with Crippen LogP contribution in [0.5, 0.6) is 5.75 Å². The molecule has 1 aliphatic heterocycles. The molecule has 2 rings (SSSR count). The number of carbonyl (C=O) groups is 1. The Hall–Kier alpha value is -0.680. The number of halogens is 3. The van der Waals surface area contributed by atoms with Crippen molar-refractivity contribution in [2.45, 2.75) is 12.8 Å². The molecule has 1 aromatic rings. The van der Waals surface area contributed by atoms with Gasteiger partial charge in [0.15, 0.2) is 0 Å². The van der Waals surface area contributed by atoms with Gasteiger partial charge in [0.25, 0.3) is 0 Å². The molecule has 0 saturated carbocycles. The molecule has 0 bridgehead atoms. The molecule has 4 nitrogen and oxygen atoms in total. The summed E-state index contributed by atoms with van der Waals surface area (Å²) in [5.74, 6) is 1.26. The molecular formula is C15H21Cl3N2O2. The number of hydrogen-bond acceptors (Lipinski definition) is 3. The third kappa shape index (κ3) is 5.51. The first-order valence-electron chi connectivity index (χ1n) is 7.10. The van der Waals surface area contributed by atoms with Gasteiger partial charge in [0.05, 0.1) is 18.1 Å². The molecule has 1 atom stereocenters. The maximum atomic E-state index is 12.1. The van der Waals surface area contributed by atoms with Crippen molar-refractivity contribution in [2.24, 2.45) is 5.92 Å². The van der Waals surface area contributed by atoms with Gasteiger partial charge < -0.3 is 15.0 Å². The zero-order valence-corrected chi connectivity index (χ0v) is 14.8. The summed E-state index contributed by atoms with van der Waals surface area (Å²) in [6, 6.07) is 5.06. The van der Waals surface area contributed by atoms with Crippen molar-refractivity contribution in [3.05, 3.63) is 28.2 Å². The Morgan fingerprint density at radius 1 is 1.45 bits per heavy atom. The van der Waals surface area contributed by atoms with Crippen LogP contribution in [0.4, 0.5) is 0 Å². The number of benzene rings is 1. The normalized spacial score (nSPS) is 17.2. The fraction of sp³-hybridized carbons (Fsp3) is 0.533. The summed E-state index contributed by atoms with van der Waals surface area (Å²) >= 11 is 11.8. The molecule has 0 spiro atoms. The zero-order valence-electron chi connectivity index (χ0n) is 12.5. The predicted octanol–water partition coefficient (Wildman–Crippen LogP) is 3.25. The highest BCUT2D eigenvalue weighted by molar-refractivity contribution is 6.35. The van der Waals surface area contributed by atoms with Gasteiger partial charge in [0.1, 0.15) is 5.75 Å². The number of rotatable bonds is 6. The van der Waals surface area contributed by atoms with E-state index in [0.717, 1.165) is 26.1 Å². The number of likely N-dealkylation sites (tertiary alicyclic amines) is 1. The molecule has 1 unspecified atom stereocenters. The second-order valence-electron chi connectivity index (χ2n) is 5.23. The van der Waals surface area contributed by atoms with E-state index in [1.807, 2.05) is 11.9 Å². The fourth-order valence-corrected chi connectivity index (χ4v) is 2.98. The van der Waals surface area contributed by atoms with Crippen LogP contribution in [0.15, 0.2) is 18.2 Å². The minimum atomic E-state index is 0. The van der Waals surface area contributed by atoms with Crippen molar-refractivity contribution in [1.29, 1.82) is 0 Å².